The first kappa shape index (κ1) is 76.9. The molecule has 35 nitrogen and oxygen atoms in total. The molecule has 1 aromatic carbocycles. The van der Waals surface area contributed by atoms with Gasteiger partial charge >= 0.3 is 23.9 Å². The third kappa shape index (κ3) is 29.8. The lowest BCUT2D eigenvalue weighted by molar-refractivity contribution is -0.143. The summed E-state index contributed by atoms with van der Waals surface area (Å²) in [4.78, 5) is 182. The van der Waals surface area contributed by atoms with Crippen molar-refractivity contribution in [2.24, 2.45) is 23.3 Å². The molecule has 0 radical (unpaired) electrons. The molecule has 0 saturated heterocycles. The minimum Gasteiger partial charge on any atom is -0.481 e. The van der Waals surface area contributed by atoms with Gasteiger partial charge in [0.05, 0.1) is 31.9 Å². The van der Waals surface area contributed by atoms with Crippen LogP contribution in [0.5, 0.6) is 0 Å². The molecule has 0 unspecified atom stereocenters. The number of amides is 10. The van der Waals surface area contributed by atoms with Gasteiger partial charge in [0.25, 0.3) is 0 Å². The summed E-state index contributed by atoms with van der Waals surface area (Å²) < 4.78 is 0. The van der Waals surface area contributed by atoms with Crippen molar-refractivity contribution in [3.63, 3.8) is 0 Å². The number of carboxylic acid groups (broad SMARTS) is 4. The van der Waals surface area contributed by atoms with Crippen molar-refractivity contribution < 1.29 is 103 Å². The molecule has 0 aliphatic rings. The molecule has 23 N–H and O–H groups in total. The van der Waals surface area contributed by atoms with Crippen LogP contribution in [0.15, 0.2) is 30.3 Å². The molecule has 0 aliphatic heterocycles. The maximum atomic E-state index is 14.2. The van der Waals surface area contributed by atoms with Crippen LogP contribution in [0, 0.1) is 17.2 Å². The first-order chi connectivity index (χ1) is 41.2. The molecule has 35 heteroatoms. The monoisotopic (exact) mass is 1250 g/mol. The zero-order chi connectivity index (χ0) is 67.0. The van der Waals surface area contributed by atoms with E-state index in [9.17, 15) is 103 Å². The third-order valence-corrected chi connectivity index (χ3v) is 12.8. The molecule has 0 spiro atoms. The molecular formula is C53H84N14O21. The largest absolute Gasteiger partial charge is 0.481 e. The number of carbonyl (C=O) groups is 14. The summed E-state index contributed by atoms with van der Waals surface area (Å²) in [5.74, 6) is -18.5. The van der Waals surface area contributed by atoms with E-state index in [4.69, 9.17) is 16.9 Å². The summed E-state index contributed by atoms with van der Waals surface area (Å²) in [7, 11) is 0. The Morgan fingerprint density at radius 1 is 0.489 bits per heavy atom. The molecule has 0 aromatic heterocycles. The molecule has 88 heavy (non-hydrogen) atoms. The molecule has 0 heterocycles. The summed E-state index contributed by atoms with van der Waals surface area (Å²) >= 11 is 0. The number of hydrogen-bond donors (Lipinski definition) is 21. The maximum absolute atomic E-state index is 14.2. The van der Waals surface area contributed by atoms with Crippen LogP contribution in [0.25, 0.3) is 0 Å². The second-order valence-electron chi connectivity index (χ2n) is 21.1. The number of guanidine groups is 1. The Kier molecular flexibility index (Phi) is 34.6. The molecule has 1 rings (SSSR count). The van der Waals surface area contributed by atoms with Gasteiger partial charge in [-0.05, 0) is 62.8 Å². The molecule has 0 fully saturated rings. The number of aliphatic hydroxyl groups excluding tert-OH is 3. The molecule has 0 aliphatic carbocycles. The number of benzene rings is 1. The zero-order valence-electron chi connectivity index (χ0n) is 49.3. The average Bonchev–Trinajstić information content (AvgIpc) is 1.81. The second kappa shape index (κ2) is 39.6. The van der Waals surface area contributed by atoms with Crippen LogP contribution in [0.2, 0.25) is 0 Å². The van der Waals surface area contributed by atoms with Crippen molar-refractivity contribution >= 4 is 88.9 Å². The molecule has 0 saturated carbocycles. The van der Waals surface area contributed by atoms with Crippen molar-refractivity contribution in [2.75, 3.05) is 26.3 Å². The van der Waals surface area contributed by atoms with Crippen molar-refractivity contribution in [1.82, 2.24) is 58.5 Å². The van der Waals surface area contributed by atoms with E-state index in [0.29, 0.717) is 12.0 Å². The van der Waals surface area contributed by atoms with E-state index in [0.717, 1.165) is 6.92 Å². The quantitative estimate of drug-likeness (QED) is 0.0164. The first-order valence-electron chi connectivity index (χ1n) is 27.9. The molecule has 0 bridgehead atoms. The van der Waals surface area contributed by atoms with Crippen molar-refractivity contribution in [3.05, 3.63) is 35.9 Å². The van der Waals surface area contributed by atoms with E-state index in [-0.39, 0.29) is 31.7 Å². The number of rotatable bonds is 42. The van der Waals surface area contributed by atoms with Crippen molar-refractivity contribution in [3.8, 4) is 0 Å². The lowest BCUT2D eigenvalue weighted by Crippen LogP contribution is -2.62. The fraction of sp³-hybridized carbons (Fsp3) is 0.604. The van der Waals surface area contributed by atoms with Gasteiger partial charge in [-0.15, -0.1) is 0 Å². The predicted octanol–water partition coefficient (Wildman–Crippen LogP) is -6.95. The van der Waals surface area contributed by atoms with Gasteiger partial charge in [-0.25, -0.2) is 4.79 Å². The predicted molar refractivity (Wildman–Crippen MR) is 306 cm³/mol. The highest BCUT2D eigenvalue weighted by molar-refractivity contribution is 5.99. The van der Waals surface area contributed by atoms with Gasteiger partial charge < -0.3 is 106 Å². The van der Waals surface area contributed by atoms with Gasteiger partial charge in [0.2, 0.25) is 59.1 Å². The first-order valence-corrected chi connectivity index (χ1v) is 27.9. The topological polar surface area (TPSA) is 589 Å². The average molecular weight is 1250 g/mol. The summed E-state index contributed by atoms with van der Waals surface area (Å²) in [6.45, 7) is 4.59. The van der Waals surface area contributed by atoms with Crippen LogP contribution in [-0.4, -0.2) is 217 Å². The molecular weight excluding hydrogens is 1170 g/mol. The van der Waals surface area contributed by atoms with E-state index >= 15 is 0 Å². The Bertz CT molecular complexity index is 2590. The van der Waals surface area contributed by atoms with Crippen molar-refractivity contribution in [2.45, 2.75) is 165 Å². The second-order valence-corrected chi connectivity index (χ2v) is 21.1. The van der Waals surface area contributed by atoms with E-state index < -0.39 is 220 Å². The number of nitrogens with one attached hydrogen (secondary N) is 12. The van der Waals surface area contributed by atoms with E-state index in [1.165, 1.54) is 13.8 Å². The van der Waals surface area contributed by atoms with Gasteiger partial charge in [-0.2, -0.15) is 0 Å². The number of carboxylic acids is 4. The summed E-state index contributed by atoms with van der Waals surface area (Å²) in [5, 5.41) is 101. The maximum Gasteiger partial charge on any atom is 0.326 e. The molecule has 1 aromatic rings. The van der Waals surface area contributed by atoms with Crippen LogP contribution < -0.4 is 70.0 Å². The Hall–Kier alpha value is -9.09. The minimum absolute atomic E-state index is 0.0437. The van der Waals surface area contributed by atoms with Gasteiger partial charge in [0, 0.05) is 32.2 Å². The van der Waals surface area contributed by atoms with Crippen LogP contribution in [0.4, 0.5) is 0 Å². The summed E-state index contributed by atoms with van der Waals surface area (Å²) in [5.41, 5.74) is 11.6. The van der Waals surface area contributed by atoms with Crippen LogP contribution >= 0.6 is 0 Å². The van der Waals surface area contributed by atoms with Crippen LogP contribution in [0.3, 0.4) is 0 Å². The Balaban J connectivity index is 3.43. The highest BCUT2D eigenvalue weighted by atomic mass is 16.4. The fourth-order valence-corrected chi connectivity index (χ4v) is 8.06. The minimum atomic E-state index is -2.09. The number of carbonyl (C=O) groups excluding carboxylic acids is 10. The summed E-state index contributed by atoms with van der Waals surface area (Å²) in [6.07, 6.45) is -6.21. The fourth-order valence-electron chi connectivity index (χ4n) is 8.06. The standard InChI is InChI=1S/C53H84N14O21/c1-25(2)20-29(54)43(78)58-22-37(71)59-30(13-16-38(72)73)44(79)63-34(21-28-10-7-6-8-11-28)47(82)66-41(26(3)4)50(85)65-36(24-69)48(83)60-32(15-18-40(76)77)46(81)67-42(27(5)70)51(86)61-31(14-17-39(74)75)45(80)64-35(23-68)49(84)62-33(52(87)88)12-9-19-57-53(55)56/h6-8,10-11,25-27,29-36,41-42,68-70H,9,12-24,54H2,1-5H3,(H,58,78)(H,59,71)(H,60,83)(H,61,86)(H,62,84)(H,63,79)(H,64,80)(H,65,85)(H,66,82)(H,67,81)(H,72,73)(H,74,75)(H,76,77)(H,87,88)(H4,55,56,57)/t27-,29+,30+,31+,32+,33+,34+,35+,36+,41+,42+/m1/s1. The van der Waals surface area contributed by atoms with Gasteiger partial charge in [0.15, 0.2) is 5.96 Å². The van der Waals surface area contributed by atoms with E-state index in [1.54, 1.807) is 30.3 Å². The number of hydrogen-bond acceptors (Lipinski definition) is 19. The highest BCUT2D eigenvalue weighted by Gasteiger charge is 2.37. The van der Waals surface area contributed by atoms with Crippen LogP contribution in [-0.2, 0) is 73.5 Å². The van der Waals surface area contributed by atoms with E-state index in [1.807, 2.05) is 13.8 Å². The number of aliphatic carboxylic acids is 4. The normalized spacial score (nSPS) is 14.8. The molecule has 492 valence electrons. The van der Waals surface area contributed by atoms with Gasteiger partial charge in [-0.3, -0.25) is 67.7 Å². The number of nitrogens with two attached hydrogens (primary N) is 2. The summed E-state index contributed by atoms with van der Waals surface area (Å²) in [6, 6.07) is -8.97. The van der Waals surface area contributed by atoms with Gasteiger partial charge in [0.1, 0.15) is 54.4 Å². The van der Waals surface area contributed by atoms with Crippen molar-refractivity contribution in [1.29, 1.82) is 5.41 Å². The van der Waals surface area contributed by atoms with Crippen LogP contribution in [0.1, 0.15) is 98.0 Å². The molecule has 11 atom stereocenters. The zero-order valence-corrected chi connectivity index (χ0v) is 49.3. The highest BCUT2D eigenvalue weighted by Crippen LogP contribution is 2.11. The van der Waals surface area contributed by atoms with E-state index in [2.05, 4.69) is 58.5 Å². The smallest absolute Gasteiger partial charge is 0.326 e. The lowest BCUT2D eigenvalue weighted by atomic mass is 10.00. The SMILES string of the molecule is CC(C)C[C@H](N)C(=O)NCC(=O)N[C@@H](CCC(=O)O)C(=O)N[C@@H](Cc1ccccc1)C(=O)N[C@H](C(=O)N[C@@H](CO)C(=O)N[C@@H](CCC(=O)O)C(=O)N[C@H](C(=O)N[C@@H](CCC(=O)O)C(=O)N[C@@H](CO)C(=O)N[C@@H](CCCNC(=N)N)C(=O)O)[C@@H](C)O)C(C)C. The molecule has 10 amide bonds. The van der Waals surface area contributed by atoms with Gasteiger partial charge in [-0.1, -0.05) is 58.0 Å². The Morgan fingerprint density at radius 3 is 1.33 bits per heavy atom. The number of aliphatic hydroxyl groups is 3. The lowest BCUT2D eigenvalue weighted by Gasteiger charge is -2.29. The Labute approximate surface area is 505 Å². The third-order valence-electron chi connectivity index (χ3n) is 12.8. The Morgan fingerprint density at radius 2 is 0.886 bits per heavy atom.